The van der Waals surface area contributed by atoms with Crippen molar-refractivity contribution in [3.63, 3.8) is 0 Å². The van der Waals surface area contributed by atoms with Crippen LogP contribution in [-0.2, 0) is 12.8 Å². The van der Waals surface area contributed by atoms with Gasteiger partial charge in [-0.25, -0.2) is 0 Å². The molecular weight excluding hydrogens is 258 g/mol. The molecule has 0 aliphatic heterocycles. The summed E-state index contributed by atoms with van der Waals surface area (Å²) in [5, 5.41) is 0. The third kappa shape index (κ3) is 2.76. The van der Waals surface area contributed by atoms with E-state index in [-0.39, 0.29) is 7.30 Å². The van der Waals surface area contributed by atoms with E-state index in [4.69, 9.17) is 0 Å². The first-order chi connectivity index (χ1) is 7.22. The van der Waals surface area contributed by atoms with E-state index in [1.54, 1.807) is 0 Å². The van der Waals surface area contributed by atoms with E-state index in [0.717, 1.165) is 19.5 Å². The average molecular weight is 275 g/mol. The van der Waals surface area contributed by atoms with E-state index in [1.165, 1.54) is 24.0 Å². The molecule has 0 aromatic carbocycles. The predicted molar refractivity (Wildman–Crippen MR) is 79.3 cm³/mol. The molecule has 15 heavy (non-hydrogen) atoms. The van der Waals surface area contributed by atoms with Gasteiger partial charge in [0.1, 0.15) is 0 Å². The van der Waals surface area contributed by atoms with Gasteiger partial charge in [-0.2, -0.15) is 0 Å². The molecule has 1 heterocycles. The lowest BCUT2D eigenvalue weighted by atomic mass is 9.86. The Bertz CT molecular complexity index is 344. The van der Waals surface area contributed by atoms with Crippen molar-refractivity contribution < 1.29 is 0 Å². The zero-order chi connectivity index (χ0) is 10.8. The molecule has 0 amide bonds. The average Bonchev–Trinajstić information content (AvgIpc) is 2.27. The maximum absolute atomic E-state index is 4.24. The first-order valence-corrected chi connectivity index (χ1v) is 11.8. The van der Waals surface area contributed by atoms with Crippen LogP contribution in [0.25, 0.3) is 0 Å². The molecule has 1 aliphatic rings. The second-order valence-electron chi connectivity index (χ2n) is 4.13. The number of aromatic nitrogens is 1. The van der Waals surface area contributed by atoms with Crippen LogP contribution in [-0.4, -0.2) is 10.6 Å². The lowest BCUT2D eigenvalue weighted by molar-refractivity contribution is 0.513. The van der Waals surface area contributed by atoms with E-state index in [0.29, 0.717) is 0 Å². The van der Waals surface area contributed by atoms with Crippen molar-refractivity contribution in [1.29, 1.82) is 0 Å². The summed E-state index contributed by atoms with van der Waals surface area (Å²) >= 11 is 0. The van der Waals surface area contributed by atoms with Crippen molar-refractivity contribution in [3.8, 4) is 0 Å². The smallest absolute Gasteiger partial charge is 0.0302 e. The second kappa shape index (κ2) is 5.47. The molecule has 6 atom stereocenters. The minimum Gasteiger partial charge on any atom is -0.264 e. The van der Waals surface area contributed by atoms with Gasteiger partial charge in [-0.1, -0.05) is 22.2 Å². The molecule has 0 spiro atoms. The quantitative estimate of drug-likeness (QED) is 0.747. The molecule has 4 unspecified atom stereocenters. The highest BCUT2D eigenvalue weighted by Crippen LogP contribution is 2.71. The van der Waals surface area contributed by atoms with Gasteiger partial charge in [-0.05, 0) is 41.6 Å². The Balaban J connectivity index is 2.22. The number of pyridine rings is 1. The van der Waals surface area contributed by atoms with Gasteiger partial charge in [0.2, 0.25) is 0 Å². The van der Waals surface area contributed by atoms with E-state index in [2.05, 4.69) is 42.0 Å². The summed E-state index contributed by atoms with van der Waals surface area (Å²) in [4.78, 5) is 4.24. The summed E-state index contributed by atoms with van der Waals surface area (Å²) in [5.74, 6) is 0.830. The van der Waals surface area contributed by atoms with Crippen LogP contribution < -0.4 is 0 Å². The van der Waals surface area contributed by atoms with Crippen LogP contribution in [0.15, 0.2) is 18.5 Å². The van der Waals surface area contributed by atoms with E-state index >= 15 is 0 Å². The van der Waals surface area contributed by atoms with Gasteiger partial charge in [0.05, 0.1) is 0 Å². The zero-order valence-corrected chi connectivity index (χ0v) is 13.1. The molecule has 2 rings (SSSR count). The zero-order valence-electron chi connectivity index (χ0n) is 8.85. The monoisotopic (exact) mass is 275 g/mol. The van der Waals surface area contributed by atoms with Crippen molar-refractivity contribution in [3.05, 3.63) is 29.6 Å². The van der Waals surface area contributed by atoms with E-state index < -0.39 is 0 Å². The SMILES string of the molecule is C[C@H]1Cc2ccncc2C[C@@H]1P(P)PP. The summed E-state index contributed by atoms with van der Waals surface area (Å²) < 4.78 is 0. The molecule has 0 radical (unpaired) electrons. The molecule has 0 N–H and O–H groups in total. The first-order valence-electron chi connectivity index (χ1n) is 5.14. The van der Waals surface area contributed by atoms with Crippen LogP contribution >= 0.6 is 33.1 Å². The molecule has 1 nitrogen and oxygen atoms in total. The topological polar surface area (TPSA) is 12.9 Å². The van der Waals surface area contributed by atoms with Crippen LogP contribution in [0.3, 0.4) is 0 Å². The predicted octanol–water partition coefficient (Wildman–Crippen LogP) is 3.84. The molecule has 0 saturated carbocycles. The van der Waals surface area contributed by atoms with Crippen LogP contribution in [0.5, 0.6) is 0 Å². The largest absolute Gasteiger partial charge is 0.264 e. The van der Waals surface area contributed by atoms with E-state index in [9.17, 15) is 0 Å². The van der Waals surface area contributed by atoms with Gasteiger partial charge in [0, 0.05) is 12.4 Å². The molecule has 0 saturated heterocycles. The Morgan fingerprint density at radius 1 is 1.47 bits per heavy atom. The third-order valence-corrected chi connectivity index (χ3v) is 14.6. The highest BCUT2D eigenvalue weighted by molar-refractivity contribution is 8.61. The fourth-order valence-electron chi connectivity index (χ4n) is 2.22. The van der Waals surface area contributed by atoms with Gasteiger partial charge in [0.25, 0.3) is 0 Å². The Hall–Kier alpha value is 0.870. The molecule has 5 heteroatoms. The fraction of sp³-hybridized carbons (Fsp3) is 0.500. The summed E-state index contributed by atoms with van der Waals surface area (Å²) in [6, 6.07) is 2.19. The minimum absolute atomic E-state index is 0.119. The summed E-state index contributed by atoms with van der Waals surface area (Å²) in [5.41, 5.74) is 3.88. The van der Waals surface area contributed by atoms with E-state index in [1.807, 2.05) is 6.20 Å². The van der Waals surface area contributed by atoms with Gasteiger partial charge < -0.3 is 0 Å². The Morgan fingerprint density at radius 3 is 3.00 bits per heavy atom. The van der Waals surface area contributed by atoms with Crippen LogP contribution in [0, 0.1) is 5.92 Å². The molecule has 1 aromatic rings. The molecule has 1 aromatic heterocycles. The molecule has 1 aliphatic carbocycles. The Kier molecular flexibility index (Phi) is 4.50. The van der Waals surface area contributed by atoms with Crippen LogP contribution in [0.1, 0.15) is 18.1 Å². The van der Waals surface area contributed by atoms with Gasteiger partial charge in [-0.15, -0.1) is 17.9 Å². The molecule has 0 fully saturated rings. The standard InChI is InChI=1S/C10H17NP4/c1-7-4-8-2-3-11-6-9(8)5-10(7)15(13)14-12/h2-3,6-7,10,14H,4-5,12-13H2,1H3/t7-,10-,15?/m0/s1. The summed E-state index contributed by atoms with van der Waals surface area (Å²) in [7, 11) is 7.12. The van der Waals surface area contributed by atoms with Crippen molar-refractivity contribution in [2.75, 3.05) is 0 Å². The maximum Gasteiger partial charge on any atom is 0.0302 e. The normalized spacial score (nSPS) is 27.9. The van der Waals surface area contributed by atoms with Crippen molar-refractivity contribution >= 4 is 33.1 Å². The second-order valence-corrected chi connectivity index (χ2v) is 13.7. The van der Waals surface area contributed by atoms with Gasteiger partial charge in [-0.3, -0.25) is 4.98 Å². The van der Waals surface area contributed by atoms with Crippen molar-refractivity contribution in [1.82, 2.24) is 4.98 Å². The Labute approximate surface area is 99.2 Å². The molecule has 82 valence electrons. The van der Waals surface area contributed by atoms with Crippen molar-refractivity contribution in [2.24, 2.45) is 5.92 Å². The first kappa shape index (κ1) is 12.3. The molecule has 0 bridgehead atoms. The number of hydrogen-bond donors (Lipinski definition) is 0. The minimum atomic E-state index is 0.119. The summed E-state index contributed by atoms with van der Waals surface area (Å²) in [6.07, 6.45) is 6.46. The highest BCUT2D eigenvalue weighted by atomic mass is 32.6. The third-order valence-electron chi connectivity index (χ3n) is 3.14. The van der Waals surface area contributed by atoms with Gasteiger partial charge in [0.15, 0.2) is 0 Å². The highest BCUT2D eigenvalue weighted by Gasteiger charge is 2.28. The number of fused-ring (bicyclic) bond motifs is 1. The lowest BCUT2D eigenvalue weighted by Gasteiger charge is -2.34. The number of hydrogen-bond acceptors (Lipinski definition) is 1. The fourth-order valence-corrected chi connectivity index (χ4v) is 7.99. The van der Waals surface area contributed by atoms with Crippen LogP contribution in [0.4, 0.5) is 0 Å². The summed E-state index contributed by atoms with van der Waals surface area (Å²) in [6.45, 7) is 2.40. The van der Waals surface area contributed by atoms with Crippen LogP contribution in [0.2, 0.25) is 0 Å². The Morgan fingerprint density at radius 2 is 2.27 bits per heavy atom. The number of rotatable bonds is 2. The molecular formula is C10H17NP4. The van der Waals surface area contributed by atoms with Crippen molar-refractivity contribution in [2.45, 2.75) is 25.4 Å². The number of nitrogens with zero attached hydrogens (tertiary/aromatic N) is 1. The lowest BCUT2D eigenvalue weighted by Crippen LogP contribution is -2.25. The van der Waals surface area contributed by atoms with Gasteiger partial charge >= 0.3 is 0 Å². The maximum atomic E-state index is 4.24.